The maximum atomic E-state index is 9.10. The van der Waals surface area contributed by atoms with Crippen molar-refractivity contribution in [2.24, 2.45) is 5.16 Å². The molecule has 0 bridgehead atoms. The normalized spacial score (nSPS) is 10.8. The largest absolute Gasteiger partial charge is 0.391 e. The summed E-state index contributed by atoms with van der Waals surface area (Å²) in [4.78, 5) is 5.40. The van der Waals surface area contributed by atoms with E-state index in [2.05, 4.69) is 82.6 Å². The van der Waals surface area contributed by atoms with Gasteiger partial charge in [-0.1, -0.05) is 29.4 Å². The molecule has 0 unspecified atom stereocenters. The van der Waals surface area contributed by atoms with Gasteiger partial charge in [-0.25, -0.2) is 0 Å². The molecule has 0 amide bonds. The van der Waals surface area contributed by atoms with E-state index < -0.39 is 0 Å². The predicted octanol–water partition coefficient (Wildman–Crippen LogP) is 5.12. The van der Waals surface area contributed by atoms with Crippen LogP contribution in [0.15, 0.2) is 59.8 Å². The van der Waals surface area contributed by atoms with Gasteiger partial charge >= 0.3 is 0 Å². The van der Waals surface area contributed by atoms with Crippen LogP contribution >= 0.6 is 22.6 Å². The molecule has 1 aromatic heterocycles. The van der Waals surface area contributed by atoms with E-state index in [1.165, 1.54) is 3.57 Å². The third-order valence-corrected chi connectivity index (χ3v) is 4.83. The van der Waals surface area contributed by atoms with E-state index in [0.29, 0.717) is 5.56 Å². The first kappa shape index (κ1) is 18.2. The van der Waals surface area contributed by atoms with Crippen molar-refractivity contribution >= 4 is 28.8 Å². The molecule has 26 heavy (non-hydrogen) atoms. The second-order valence-corrected chi connectivity index (χ2v) is 7.16. The van der Waals surface area contributed by atoms with Crippen LogP contribution in [0.5, 0.6) is 0 Å². The van der Waals surface area contributed by atoms with Gasteiger partial charge in [-0.3, -0.25) is 0 Å². The van der Waals surface area contributed by atoms with Gasteiger partial charge in [0.05, 0.1) is 17.8 Å². The number of rotatable bonds is 5. The van der Waals surface area contributed by atoms with Crippen LogP contribution in [0.1, 0.15) is 28.1 Å². The Hall–Kier alpha value is -2.59. The number of nitrogens with zero attached hydrogens (tertiary/aromatic N) is 3. The number of benzene rings is 2. The van der Waals surface area contributed by atoms with Crippen molar-refractivity contribution in [3.05, 3.63) is 86.2 Å². The lowest BCUT2D eigenvalue weighted by atomic mass is 10.1. The number of oxime groups is 1. The van der Waals surface area contributed by atoms with Crippen molar-refractivity contribution in [3.8, 4) is 11.8 Å². The van der Waals surface area contributed by atoms with Gasteiger partial charge in [0.1, 0.15) is 6.61 Å². The third kappa shape index (κ3) is 3.97. The summed E-state index contributed by atoms with van der Waals surface area (Å²) in [6.45, 7) is 4.42. The summed E-state index contributed by atoms with van der Waals surface area (Å²) in [5.41, 5.74) is 5.83. The standard InChI is InChI=1S/C21H18IN3O/c1-15-10-19(16(2)25(15)21-9-5-8-20(22)11-21)13-24-26-14-18-7-4-3-6-17(18)12-23/h3-11,13H,14H2,1-2H3/b24-13-. The molecule has 2 aromatic carbocycles. The Balaban J connectivity index is 1.76. The maximum Gasteiger partial charge on any atom is 0.143 e. The highest BCUT2D eigenvalue weighted by atomic mass is 127. The van der Waals surface area contributed by atoms with Crippen molar-refractivity contribution in [2.45, 2.75) is 20.5 Å². The molecule has 0 spiro atoms. The fraction of sp³-hybridized carbons (Fsp3) is 0.143. The molecule has 3 aromatic rings. The first-order valence-corrected chi connectivity index (χ1v) is 9.26. The van der Waals surface area contributed by atoms with E-state index in [1.54, 1.807) is 12.3 Å². The molecule has 0 aliphatic rings. The minimum Gasteiger partial charge on any atom is -0.391 e. The fourth-order valence-corrected chi connectivity index (χ4v) is 3.41. The Morgan fingerprint density at radius 3 is 2.73 bits per heavy atom. The molecule has 0 atom stereocenters. The van der Waals surface area contributed by atoms with E-state index >= 15 is 0 Å². The molecular formula is C21H18IN3O. The average molecular weight is 455 g/mol. The predicted molar refractivity (Wildman–Crippen MR) is 112 cm³/mol. The molecule has 5 heteroatoms. The number of aromatic nitrogens is 1. The molecule has 130 valence electrons. The van der Waals surface area contributed by atoms with E-state index in [9.17, 15) is 0 Å². The van der Waals surface area contributed by atoms with Gasteiger partial charge in [0.2, 0.25) is 0 Å². The molecule has 0 N–H and O–H groups in total. The first-order chi connectivity index (χ1) is 12.6. The van der Waals surface area contributed by atoms with Crippen molar-refractivity contribution in [3.63, 3.8) is 0 Å². The summed E-state index contributed by atoms with van der Waals surface area (Å²) in [6.07, 6.45) is 1.72. The number of aryl methyl sites for hydroxylation is 1. The summed E-state index contributed by atoms with van der Waals surface area (Å²) in [5, 5.41) is 13.2. The van der Waals surface area contributed by atoms with Crippen LogP contribution in [-0.4, -0.2) is 10.8 Å². The topological polar surface area (TPSA) is 50.3 Å². The number of nitriles is 1. The second kappa shape index (κ2) is 8.19. The molecule has 1 heterocycles. The summed E-state index contributed by atoms with van der Waals surface area (Å²) in [7, 11) is 0. The van der Waals surface area contributed by atoms with Crippen molar-refractivity contribution in [2.75, 3.05) is 0 Å². The van der Waals surface area contributed by atoms with Gasteiger partial charge in [0.25, 0.3) is 0 Å². The van der Waals surface area contributed by atoms with Crippen molar-refractivity contribution in [1.82, 2.24) is 4.57 Å². The van der Waals surface area contributed by atoms with Gasteiger partial charge in [-0.15, -0.1) is 0 Å². The third-order valence-electron chi connectivity index (χ3n) is 4.16. The molecule has 4 nitrogen and oxygen atoms in total. The van der Waals surface area contributed by atoms with Crippen molar-refractivity contribution in [1.29, 1.82) is 5.26 Å². The van der Waals surface area contributed by atoms with Crippen LogP contribution in [0.3, 0.4) is 0 Å². The monoisotopic (exact) mass is 455 g/mol. The first-order valence-electron chi connectivity index (χ1n) is 8.18. The zero-order valence-corrected chi connectivity index (χ0v) is 16.8. The lowest BCUT2D eigenvalue weighted by Gasteiger charge is -2.09. The second-order valence-electron chi connectivity index (χ2n) is 5.92. The van der Waals surface area contributed by atoms with E-state index in [0.717, 1.165) is 28.2 Å². The lowest BCUT2D eigenvalue weighted by molar-refractivity contribution is 0.132. The Kier molecular flexibility index (Phi) is 5.74. The van der Waals surface area contributed by atoms with E-state index in [4.69, 9.17) is 10.1 Å². The summed E-state index contributed by atoms with van der Waals surface area (Å²) in [5.74, 6) is 0. The molecule has 0 radical (unpaired) electrons. The van der Waals surface area contributed by atoms with Gasteiger partial charge in [-0.2, -0.15) is 5.26 Å². The smallest absolute Gasteiger partial charge is 0.143 e. The number of hydrogen-bond donors (Lipinski definition) is 0. The highest BCUT2D eigenvalue weighted by Crippen LogP contribution is 2.21. The minimum atomic E-state index is 0.274. The van der Waals surface area contributed by atoms with E-state index in [-0.39, 0.29) is 6.61 Å². The number of hydrogen-bond acceptors (Lipinski definition) is 3. The van der Waals surface area contributed by atoms with E-state index in [1.807, 2.05) is 18.2 Å². The summed E-state index contributed by atoms with van der Waals surface area (Å²) >= 11 is 2.32. The molecule has 3 rings (SSSR count). The Bertz CT molecular complexity index is 999. The highest BCUT2D eigenvalue weighted by Gasteiger charge is 2.09. The molecule has 0 aliphatic heterocycles. The van der Waals surface area contributed by atoms with Crippen LogP contribution < -0.4 is 0 Å². The van der Waals surface area contributed by atoms with Crippen LogP contribution in [0.2, 0.25) is 0 Å². The van der Waals surface area contributed by atoms with Crippen LogP contribution in [-0.2, 0) is 11.4 Å². The van der Waals surface area contributed by atoms with Gasteiger partial charge in [-0.05, 0) is 66.8 Å². The zero-order chi connectivity index (χ0) is 18.5. The number of halogens is 1. The van der Waals surface area contributed by atoms with Crippen LogP contribution in [0, 0.1) is 28.7 Å². The average Bonchev–Trinajstić information content (AvgIpc) is 2.92. The Morgan fingerprint density at radius 2 is 1.96 bits per heavy atom. The quantitative estimate of drug-likeness (QED) is 0.305. The fourth-order valence-electron chi connectivity index (χ4n) is 2.89. The molecule has 0 aliphatic carbocycles. The maximum absolute atomic E-state index is 9.10. The van der Waals surface area contributed by atoms with Crippen LogP contribution in [0.4, 0.5) is 0 Å². The zero-order valence-electron chi connectivity index (χ0n) is 14.6. The highest BCUT2D eigenvalue weighted by molar-refractivity contribution is 14.1. The summed E-state index contributed by atoms with van der Waals surface area (Å²) < 4.78 is 3.40. The molecule has 0 fully saturated rings. The molecular weight excluding hydrogens is 437 g/mol. The van der Waals surface area contributed by atoms with Gasteiger partial charge in [0.15, 0.2) is 0 Å². The molecule has 0 saturated heterocycles. The summed E-state index contributed by atoms with van der Waals surface area (Å²) in [6, 6.07) is 20.0. The Morgan fingerprint density at radius 1 is 1.15 bits per heavy atom. The lowest BCUT2D eigenvalue weighted by Crippen LogP contribution is -2.00. The molecule has 0 saturated carbocycles. The van der Waals surface area contributed by atoms with Gasteiger partial charge in [0, 0.05) is 31.8 Å². The minimum absolute atomic E-state index is 0.274. The Labute approximate surface area is 166 Å². The van der Waals surface area contributed by atoms with Gasteiger partial charge < -0.3 is 9.40 Å². The van der Waals surface area contributed by atoms with Crippen LogP contribution in [0.25, 0.3) is 5.69 Å². The van der Waals surface area contributed by atoms with Crippen molar-refractivity contribution < 1.29 is 4.84 Å². The SMILES string of the molecule is Cc1cc(/C=N\OCc2ccccc2C#N)c(C)n1-c1cccc(I)c1.